The highest BCUT2D eigenvalue weighted by Gasteiger charge is 2.46. The van der Waals surface area contributed by atoms with Crippen molar-refractivity contribution in [3.05, 3.63) is 29.3 Å². The minimum Gasteiger partial charge on any atom is -0.493 e. The van der Waals surface area contributed by atoms with Crippen molar-refractivity contribution in [1.82, 2.24) is 5.32 Å². The quantitative estimate of drug-likeness (QED) is 0.673. The van der Waals surface area contributed by atoms with Crippen molar-refractivity contribution in [2.75, 3.05) is 19.8 Å². The van der Waals surface area contributed by atoms with E-state index in [1.807, 2.05) is 32.0 Å². The minimum atomic E-state index is -1.13. The van der Waals surface area contributed by atoms with Crippen LogP contribution in [0.15, 0.2) is 18.2 Å². The van der Waals surface area contributed by atoms with Gasteiger partial charge in [0.15, 0.2) is 0 Å². The molecule has 1 aliphatic rings. The van der Waals surface area contributed by atoms with Crippen LogP contribution in [0.25, 0.3) is 0 Å². The van der Waals surface area contributed by atoms with Crippen LogP contribution >= 0.6 is 0 Å². The van der Waals surface area contributed by atoms with Gasteiger partial charge in [0.2, 0.25) is 0 Å². The summed E-state index contributed by atoms with van der Waals surface area (Å²) in [6.45, 7) is 12.0. The molecule has 134 valence electrons. The van der Waals surface area contributed by atoms with Crippen molar-refractivity contribution in [2.24, 2.45) is 11.8 Å². The number of nitrogens with one attached hydrogen (secondary N) is 2. The molecule has 2 N–H and O–H groups in total. The molecule has 0 saturated carbocycles. The monoisotopic (exact) mass is 334 g/mol. The van der Waals surface area contributed by atoms with E-state index in [4.69, 9.17) is 19.6 Å². The summed E-state index contributed by atoms with van der Waals surface area (Å²) in [7, 11) is 0. The second kappa shape index (κ2) is 7.99. The summed E-state index contributed by atoms with van der Waals surface area (Å²) < 4.78 is 17.9. The first kappa shape index (κ1) is 18.7. The Bertz CT molecular complexity index is 566. The van der Waals surface area contributed by atoms with E-state index >= 15 is 0 Å². The summed E-state index contributed by atoms with van der Waals surface area (Å²) >= 11 is 0. The Morgan fingerprint density at radius 1 is 1.12 bits per heavy atom. The third-order valence-corrected chi connectivity index (χ3v) is 4.01. The molecule has 24 heavy (non-hydrogen) atoms. The van der Waals surface area contributed by atoms with Crippen LogP contribution in [-0.2, 0) is 15.4 Å². The Labute approximate surface area is 145 Å². The minimum absolute atomic E-state index is 0.299. The van der Waals surface area contributed by atoms with Gasteiger partial charge in [0.1, 0.15) is 11.6 Å². The van der Waals surface area contributed by atoms with E-state index in [1.54, 1.807) is 0 Å². The van der Waals surface area contributed by atoms with Gasteiger partial charge >= 0.3 is 0 Å². The molecular formula is C19H30N2O3. The molecule has 0 amide bonds. The highest BCUT2D eigenvalue weighted by molar-refractivity contribution is 6.02. The Balaban J connectivity index is 2.30. The van der Waals surface area contributed by atoms with E-state index < -0.39 is 5.91 Å². The van der Waals surface area contributed by atoms with Crippen LogP contribution < -0.4 is 10.1 Å². The second-order valence-electron chi connectivity index (χ2n) is 6.71. The zero-order chi connectivity index (χ0) is 17.7. The van der Waals surface area contributed by atoms with Gasteiger partial charge in [-0.25, -0.2) is 0 Å². The largest absolute Gasteiger partial charge is 0.493 e. The molecule has 0 saturated heterocycles. The van der Waals surface area contributed by atoms with Crippen molar-refractivity contribution in [3.63, 3.8) is 0 Å². The first-order valence-electron chi connectivity index (χ1n) is 8.84. The molecule has 1 unspecified atom stereocenters. The molecule has 0 aliphatic carbocycles. The molecule has 5 nitrogen and oxygen atoms in total. The van der Waals surface area contributed by atoms with Gasteiger partial charge < -0.3 is 19.5 Å². The van der Waals surface area contributed by atoms with Gasteiger partial charge in [-0.1, -0.05) is 32.9 Å². The van der Waals surface area contributed by atoms with Crippen LogP contribution in [0, 0.1) is 17.2 Å². The van der Waals surface area contributed by atoms with E-state index in [2.05, 4.69) is 26.1 Å². The smallest absolute Gasteiger partial charge is 0.283 e. The van der Waals surface area contributed by atoms with Crippen LogP contribution in [0.3, 0.4) is 0 Å². The maximum absolute atomic E-state index is 8.22. The molecule has 2 rings (SSSR count). The number of hydrogen-bond acceptors (Lipinski definition) is 4. The molecule has 1 aromatic rings. The maximum atomic E-state index is 8.22. The number of rotatable bonds is 9. The number of hydrogen-bond donors (Lipinski definition) is 2. The van der Waals surface area contributed by atoms with Crippen LogP contribution in [0.1, 0.15) is 52.2 Å². The van der Waals surface area contributed by atoms with Crippen molar-refractivity contribution < 1.29 is 14.2 Å². The van der Waals surface area contributed by atoms with E-state index in [0.717, 1.165) is 23.3 Å². The Hall–Kier alpha value is -1.59. The highest BCUT2D eigenvalue weighted by atomic mass is 16.7. The van der Waals surface area contributed by atoms with Gasteiger partial charge in [0, 0.05) is 18.8 Å². The lowest BCUT2D eigenvalue weighted by Gasteiger charge is -2.31. The SMILES string of the molecule is CCOC1(OCC)NC(=N)c2cccc(OCC(C)CC(C)C)c21. The van der Waals surface area contributed by atoms with Gasteiger partial charge in [-0.15, -0.1) is 0 Å². The molecule has 1 aromatic carbocycles. The Morgan fingerprint density at radius 3 is 2.38 bits per heavy atom. The molecule has 0 bridgehead atoms. The predicted octanol–water partition coefficient (Wildman–Crippen LogP) is 3.86. The third kappa shape index (κ3) is 3.90. The summed E-state index contributed by atoms with van der Waals surface area (Å²) in [5, 5.41) is 11.3. The number of benzene rings is 1. The fraction of sp³-hybridized carbons (Fsp3) is 0.632. The first-order valence-corrected chi connectivity index (χ1v) is 8.84. The van der Waals surface area contributed by atoms with Gasteiger partial charge in [-0.2, -0.15) is 0 Å². The van der Waals surface area contributed by atoms with Crippen LogP contribution in [0.4, 0.5) is 0 Å². The molecule has 5 heteroatoms. The Kier molecular flexibility index (Phi) is 6.24. The van der Waals surface area contributed by atoms with Crippen molar-refractivity contribution >= 4 is 5.84 Å². The summed E-state index contributed by atoms with van der Waals surface area (Å²) in [4.78, 5) is 0. The van der Waals surface area contributed by atoms with Gasteiger partial charge in [-0.05, 0) is 38.2 Å². The van der Waals surface area contributed by atoms with Gasteiger partial charge in [-0.3, -0.25) is 5.41 Å². The lowest BCUT2D eigenvalue weighted by atomic mass is 10.00. The van der Waals surface area contributed by atoms with E-state index in [0.29, 0.717) is 37.5 Å². The molecule has 1 atom stereocenters. The normalized spacial score (nSPS) is 16.8. The number of amidine groups is 1. The van der Waals surface area contributed by atoms with Crippen molar-refractivity contribution in [1.29, 1.82) is 5.41 Å². The molecule has 0 spiro atoms. The average Bonchev–Trinajstić information content (AvgIpc) is 2.79. The average molecular weight is 334 g/mol. The summed E-state index contributed by atoms with van der Waals surface area (Å²) in [5.41, 5.74) is 1.54. The summed E-state index contributed by atoms with van der Waals surface area (Å²) in [6, 6.07) is 5.73. The third-order valence-electron chi connectivity index (χ3n) is 4.01. The summed E-state index contributed by atoms with van der Waals surface area (Å²) in [6.07, 6.45) is 1.12. The maximum Gasteiger partial charge on any atom is 0.283 e. The van der Waals surface area contributed by atoms with E-state index in [-0.39, 0.29) is 0 Å². The molecule has 0 aromatic heterocycles. The van der Waals surface area contributed by atoms with Crippen LogP contribution in [-0.4, -0.2) is 25.7 Å². The first-order chi connectivity index (χ1) is 11.4. The lowest BCUT2D eigenvalue weighted by molar-refractivity contribution is -0.250. The van der Waals surface area contributed by atoms with Crippen LogP contribution in [0.5, 0.6) is 5.75 Å². The standard InChI is InChI=1S/C19H30N2O3/c1-6-23-19(24-7-2)17-15(18(20)21-19)9-8-10-16(17)22-12-14(5)11-13(3)4/h8-10,13-14H,6-7,11-12H2,1-5H3,(H2,20,21). The van der Waals surface area contributed by atoms with Crippen molar-refractivity contribution in [2.45, 2.75) is 47.0 Å². The van der Waals surface area contributed by atoms with Crippen LogP contribution in [0.2, 0.25) is 0 Å². The lowest BCUT2D eigenvalue weighted by Crippen LogP contribution is -2.44. The summed E-state index contributed by atoms with van der Waals surface area (Å²) in [5.74, 6) is 0.995. The topological polar surface area (TPSA) is 63.6 Å². The Morgan fingerprint density at radius 2 is 1.79 bits per heavy atom. The van der Waals surface area contributed by atoms with Gasteiger partial charge in [0.05, 0.1) is 12.2 Å². The predicted molar refractivity (Wildman–Crippen MR) is 95.5 cm³/mol. The fourth-order valence-corrected chi connectivity index (χ4v) is 3.26. The second-order valence-corrected chi connectivity index (χ2v) is 6.71. The van der Waals surface area contributed by atoms with E-state index in [1.165, 1.54) is 0 Å². The van der Waals surface area contributed by atoms with Crippen molar-refractivity contribution in [3.8, 4) is 5.75 Å². The zero-order valence-electron chi connectivity index (χ0n) is 15.4. The van der Waals surface area contributed by atoms with Gasteiger partial charge in [0.25, 0.3) is 5.91 Å². The van der Waals surface area contributed by atoms with E-state index in [9.17, 15) is 0 Å². The number of fused-ring (bicyclic) bond motifs is 1. The fourth-order valence-electron chi connectivity index (χ4n) is 3.26. The molecule has 1 heterocycles. The molecule has 0 radical (unpaired) electrons. The molecule has 0 fully saturated rings. The molecule has 1 aliphatic heterocycles. The highest BCUT2D eigenvalue weighted by Crippen LogP contribution is 2.40. The number of ether oxygens (including phenoxy) is 3. The zero-order valence-corrected chi connectivity index (χ0v) is 15.4. The molecular weight excluding hydrogens is 304 g/mol.